The van der Waals surface area contributed by atoms with Crippen molar-refractivity contribution < 1.29 is 0 Å². The molecule has 1 aromatic heterocycles. The van der Waals surface area contributed by atoms with Gasteiger partial charge in [0.05, 0.1) is 6.20 Å². The summed E-state index contributed by atoms with van der Waals surface area (Å²) >= 11 is 0. The maximum Gasteiger partial charge on any atom is 0.0537 e. The molecule has 0 unspecified atom stereocenters. The van der Waals surface area contributed by atoms with Crippen molar-refractivity contribution in [2.24, 2.45) is 5.41 Å². The average Bonchev–Trinajstić information content (AvgIpc) is 2.77. The summed E-state index contributed by atoms with van der Waals surface area (Å²) < 4.78 is 2.03. The second-order valence-electron chi connectivity index (χ2n) is 5.37. The summed E-state index contributed by atoms with van der Waals surface area (Å²) in [5.41, 5.74) is 1.97. The Kier molecular flexibility index (Phi) is 2.51. The van der Waals surface area contributed by atoms with Crippen LogP contribution in [0.15, 0.2) is 12.4 Å². The summed E-state index contributed by atoms with van der Waals surface area (Å²) in [6.45, 7) is 4.33. The molecule has 1 spiro atoms. The molecule has 3 rings (SSSR count). The van der Waals surface area contributed by atoms with Crippen LogP contribution in [0.5, 0.6) is 0 Å². The summed E-state index contributed by atoms with van der Waals surface area (Å²) in [7, 11) is 0. The number of nitrogens with one attached hydrogen (secondary N) is 1. The molecule has 1 aromatic rings. The molecule has 0 bridgehead atoms. The van der Waals surface area contributed by atoms with Gasteiger partial charge in [0.25, 0.3) is 0 Å². The van der Waals surface area contributed by atoms with Gasteiger partial charge in [0, 0.05) is 36.3 Å². The monoisotopic (exact) mass is 219 g/mol. The summed E-state index contributed by atoms with van der Waals surface area (Å²) in [5, 5.41) is 8.00. The quantitative estimate of drug-likeness (QED) is 0.828. The van der Waals surface area contributed by atoms with Crippen molar-refractivity contribution in [3.05, 3.63) is 18.0 Å². The van der Waals surface area contributed by atoms with Crippen LogP contribution in [0.25, 0.3) is 0 Å². The Morgan fingerprint density at radius 1 is 1.44 bits per heavy atom. The molecule has 2 heterocycles. The van der Waals surface area contributed by atoms with Crippen LogP contribution in [0.2, 0.25) is 0 Å². The van der Waals surface area contributed by atoms with Crippen LogP contribution in [0.1, 0.15) is 50.6 Å². The molecular weight excluding hydrogens is 198 g/mol. The fourth-order valence-electron chi connectivity index (χ4n) is 3.39. The molecule has 1 saturated heterocycles. The number of aromatic nitrogens is 2. The van der Waals surface area contributed by atoms with Crippen LogP contribution in [0.4, 0.5) is 0 Å². The lowest BCUT2D eigenvalue weighted by atomic mass is 9.63. The second-order valence-corrected chi connectivity index (χ2v) is 5.37. The molecule has 1 N–H and O–H groups in total. The molecule has 88 valence electrons. The van der Waals surface area contributed by atoms with E-state index in [2.05, 4.69) is 29.7 Å². The van der Waals surface area contributed by atoms with Gasteiger partial charge in [-0.15, -0.1) is 0 Å². The lowest BCUT2D eigenvalue weighted by molar-refractivity contribution is 0.0360. The Morgan fingerprint density at radius 3 is 2.81 bits per heavy atom. The predicted octanol–water partition coefficient (Wildman–Crippen LogP) is 2.50. The van der Waals surface area contributed by atoms with E-state index in [9.17, 15) is 0 Å². The van der Waals surface area contributed by atoms with Crippen LogP contribution >= 0.6 is 0 Å². The van der Waals surface area contributed by atoms with Crippen molar-refractivity contribution in [2.75, 3.05) is 6.54 Å². The molecule has 1 aliphatic heterocycles. The van der Waals surface area contributed by atoms with Crippen LogP contribution < -0.4 is 5.32 Å². The van der Waals surface area contributed by atoms with Gasteiger partial charge >= 0.3 is 0 Å². The number of aryl methyl sites for hydroxylation is 1. The van der Waals surface area contributed by atoms with E-state index in [-0.39, 0.29) is 0 Å². The molecule has 3 nitrogen and oxygen atoms in total. The zero-order valence-corrected chi connectivity index (χ0v) is 10.1. The molecule has 0 aromatic carbocycles. The molecular formula is C13H21N3. The highest BCUT2D eigenvalue weighted by Gasteiger charge is 2.47. The number of rotatable bonds is 2. The average molecular weight is 219 g/mol. The van der Waals surface area contributed by atoms with E-state index in [1.54, 1.807) is 0 Å². The summed E-state index contributed by atoms with van der Waals surface area (Å²) in [4.78, 5) is 0. The van der Waals surface area contributed by atoms with Gasteiger partial charge in [-0.1, -0.05) is 19.3 Å². The Balaban J connectivity index is 1.79. The number of hydrogen-bond donors (Lipinski definition) is 1. The number of hydrogen-bond acceptors (Lipinski definition) is 2. The van der Waals surface area contributed by atoms with Crippen molar-refractivity contribution in [1.82, 2.24) is 15.1 Å². The van der Waals surface area contributed by atoms with Gasteiger partial charge in [-0.05, 0) is 19.8 Å². The maximum atomic E-state index is 4.39. The Hall–Kier alpha value is -0.830. The van der Waals surface area contributed by atoms with Crippen LogP contribution in [-0.2, 0) is 6.54 Å². The topological polar surface area (TPSA) is 29.9 Å². The smallest absolute Gasteiger partial charge is 0.0537 e. The van der Waals surface area contributed by atoms with E-state index in [0.717, 1.165) is 6.54 Å². The molecule has 0 radical (unpaired) electrons. The van der Waals surface area contributed by atoms with E-state index in [0.29, 0.717) is 11.5 Å². The maximum absolute atomic E-state index is 4.39. The third kappa shape index (κ3) is 1.49. The normalized spacial score (nSPS) is 27.9. The summed E-state index contributed by atoms with van der Waals surface area (Å²) in [6, 6.07) is 0.577. The van der Waals surface area contributed by atoms with Gasteiger partial charge in [-0.25, -0.2) is 0 Å². The highest BCUT2D eigenvalue weighted by Crippen LogP contribution is 2.50. The van der Waals surface area contributed by atoms with E-state index in [1.807, 2.05) is 4.68 Å². The third-order valence-electron chi connectivity index (χ3n) is 4.43. The minimum absolute atomic E-state index is 0.569. The first-order chi connectivity index (χ1) is 7.84. The Labute approximate surface area is 97.2 Å². The van der Waals surface area contributed by atoms with Crippen LogP contribution in [0.3, 0.4) is 0 Å². The lowest BCUT2D eigenvalue weighted by Gasteiger charge is -2.52. The minimum atomic E-state index is 0.569. The molecule has 3 heteroatoms. The van der Waals surface area contributed by atoms with Gasteiger partial charge < -0.3 is 5.32 Å². The summed E-state index contributed by atoms with van der Waals surface area (Å²) in [5.74, 6) is 0. The SMILES string of the molecule is CCn1cc([C@@H]2NCC23CCCCC3)cn1. The first-order valence-electron chi connectivity index (χ1n) is 6.60. The van der Waals surface area contributed by atoms with Crippen molar-refractivity contribution in [3.8, 4) is 0 Å². The van der Waals surface area contributed by atoms with Crippen LogP contribution in [-0.4, -0.2) is 16.3 Å². The molecule has 0 amide bonds. The first kappa shape index (κ1) is 10.3. The first-order valence-corrected chi connectivity index (χ1v) is 6.60. The highest BCUT2D eigenvalue weighted by atomic mass is 15.3. The Bertz CT molecular complexity index is 363. The van der Waals surface area contributed by atoms with E-state index >= 15 is 0 Å². The lowest BCUT2D eigenvalue weighted by Crippen LogP contribution is -2.56. The molecule has 16 heavy (non-hydrogen) atoms. The van der Waals surface area contributed by atoms with E-state index < -0.39 is 0 Å². The zero-order chi connectivity index (χ0) is 11.0. The molecule has 1 saturated carbocycles. The molecule has 2 fully saturated rings. The van der Waals surface area contributed by atoms with Crippen molar-refractivity contribution in [1.29, 1.82) is 0 Å². The standard InChI is InChI=1S/C13H21N3/c1-2-16-9-11(8-15-16)12-13(10-14-12)6-4-3-5-7-13/h8-9,12,14H,2-7,10H2,1H3/t12-/m0/s1. The van der Waals surface area contributed by atoms with Gasteiger partial charge in [0.1, 0.15) is 0 Å². The molecule has 1 atom stereocenters. The van der Waals surface area contributed by atoms with Crippen molar-refractivity contribution >= 4 is 0 Å². The van der Waals surface area contributed by atoms with Gasteiger partial charge in [0.15, 0.2) is 0 Å². The fraction of sp³-hybridized carbons (Fsp3) is 0.769. The predicted molar refractivity (Wildman–Crippen MR) is 64.2 cm³/mol. The zero-order valence-electron chi connectivity index (χ0n) is 10.1. The van der Waals surface area contributed by atoms with E-state index in [4.69, 9.17) is 0 Å². The second kappa shape index (κ2) is 3.88. The van der Waals surface area contributed by atoms with Crippen LogP contribution in [0, 0.1) is 5.41 Å². The molecule has 2 aliphatic rings. The number of nitrogens with zero attached hydrogens (tertiary/aromatic N) is 2. The van der Waals surface area contributed by atoms with Gasteiger partial charge in [0.2, 0.25) is 0 Å². The highest BCUT2D eigenvalue weighted by molar-refractivity contribution is 5.20. The van der Waals surface area contributed by atoms with Gasteiger partial charge in [-0.2, -0.15) is 5.10 Å². The van der Waals surface area contributed by atoms with Gasteiger partial charge in [-0.3, -0.25) is 4.68 Å². The fourth-order valence-corrected chi connectivity index (χ4v) is 3.39. The minimum Gasteiger partial charge on any atom is -0.309 e. The van der Waals surface area contributed by atoms with Crippen molar-refractivity contribution in [3.63, 3.8) is 0 Å². The van der Waals surface area contributed by atoms with E-state index in [1.165, 1.54) is 44.2 Å². The third-order valence-corrected chi connectivity index (χ3v) is 4.43. The molecule has 1 aliphatic carbocycles. The Morgan fingerprint density at radius 2 is 2.25 bits per heavy atom. The summed E-state index contributed by atoms with van der Waals surface area (Å²) in [6.07, 6.45) is 11.3. The van der Waals surface area contributed by atoms with Crippen molar-refractivity contribution in [2.45, 2.75) is 51.6 Å². The largest absolute Gasteiger partial charge is 0.309 e.